The Morgan fingerprint density at radius 1 is 1.14 bits per heavy atom. The van der Waals surface area contributed by atoms with Crippen LogP contribution in [-0.4, -0.2) is 14.8 Å². The number of nitrogens with zero attached hydrogens (tertiary/aromatic N) is 3. The first-order chi connectivity index (χ1) is 10.2. The molecule has 3 rings (SSSR count). The van der Waals surface area contributed by atoms with E-state index in [1.54, 1.807) is 11.0 Å². The Morgan fingerprint density at radius 2 is 1.95 bits per heavy atom. The topological polar surface area (TPSA) is 42.7 Å². The van der Waals surface area contributed by atoms with Crippen LogP contribution < -0.4 is 5.32 Å². The number of hydrogen-bond acceptors (Lipinski definition) is 3. The van der Waals surface area contributed by atoms with Crippen LogP contribution in [0.5, 0.6) is 0 Å². The molecule has 2 aromatic carbocycles. The molecule has 1 atom stereocenters. The predicted octanol–water partition coefficient (Wildman–Crippen LogP) is 4.09. The van der Waals surface area contributed by atoms with Gasteiger partial charge in [-0.2, -0.15) is 5.10 Å². The molecular weight excluding hydrogens is 284 g/mol. The highest BCUT2D eigenvalue weighted by Gasteiger charge is 2.06. The molecule has 4 nitrogen and oxygen atoms in total. The lowest BCUT2D eigenvalue weighted by Crippen LogP contribution is -2.06. The number of nitrogens with one attached hydrogen (secondary N) is 1. The molecule has 0 radical (unpaired) electrons. The molecule has 0 aliphatic rings. The quantitative estimate of drug-likeness (QED) is 0.789. The molecule has 0 aliphatic heterocycles. The Labute approximate surface area is 128 Å². The molecule has 0 amide bonds. The fourth-order valence-electron chi connectivity index (χ4n) is 2.16. The first-order valence-electron chi connectivity index (χ1n) is 6.69. The molecule has 3 aromatic rings. The van der Waals surface area contributed by atoms with Gasteiger partial charge < -0.3 is 5.32 Å². The Morgan fingerprint density at radius 3 is 2.62 bits per heavy atom. The number of benzene rings is 2. The van der Waals surface area contributed by atoms with Crippen LogP contribution in [0.4, 0.5) is 5.69 Å². The molecule has 21 heavy (non-hydrogen) atoms. The molecule has 0 saturated carbocycles. The van der Waals surface area contributed by atoms with E-state index in [2.05, 4.69) is 28.4 Å². The van der Waals surface area contributed by atoms with Crippen LogP contribution in [0, 0.1) is 0 Å². The molecule has 1 unspecified atom stereocenters. The maximum absolute atomic E-state index is 6.03. The molecule has 0 fully saturated rings. The summed E-state index contributed by atoms with van der Waals surface area (Å²) in [6.45, 7) is 2.11. The van der Waals surface area contributed by atoms with E-state index in [1.807, 2.05) is 42.5 Å². The minimum absolute atomic E-state index is 0.181. The van der Waals surface area contributed by atoms with E-state index in [0.29, 0.717) is 0 Å². The lowest BCUT2D eigenvalue weighted by Gasteiger charge is -2.16. The second-order valence-electron chi connectivity index (χ2n) is 4.81. The molecule has 0 saturated heterocycles. The van der Waals surface area contributed by atoms with Crippen LogP contribution in [0.1, 0.15) is 18.5 Å². The molecule has 1 heterocycles. The van der Waals surface area contributed by atoms with Crippen LogP contribution >= 0.6 is 11.6 Å². The molecule has 106 valence electrons. The van der Waals surface area contributed by atoms with Crippen molar-refractivity contribution in [3.8, 4) is 5.69 Å². The van der Waals surface area contributed by atoms with E-state index in [4.69, 9.17) is 11.6 Å². The monoisotopic (exact) mass is 298 g/mol. The smallest absolute Gasteiger partial charge is 0.138 e. The van der Waals surface area contributed by atoms with Gasteiger partial charge in [-0.05, 0) is 48.9 Å². The van der Waals surface area contributed by atoms with Crippen LogP contribution in [0.25, 0.3) is 5.69 Å². The van der Waals surface area contributed by atoms with Gasteiger partial charge in [0.05, 0.1) is 5.69 Å². The first-order valence-corrected chi connectivity index (χ1v) is 7.07. The van der Waals surface area contributed by atoms with E-state index < -0.39 is 0 Å². The van der Waals surface area contributed by atoms with Crippen molar-refractivity contribution in [2.45, 2.75) is 13.0 Å². The number of anilines is 1. The number of halogens is 1. The Bertz CT molecular complexity index is 707. The van der Waals surface area contributed by atoms with Gasteiger partial charge in [-0.15, -0.1) is 0 Å². The van der Waals surface area contributed by atoms with Gasteiger partial charge in [0.1, 0.15) is 12.7 Å². The second-order valence-corrected chi connectivity index (χ2v) is 5.24. The maximum Gasteiger partial charge on any atom is 0.138 e. The van der Waals surface area contributed by atoms with Gasteiger partial charge in [-0.25, -0.2) is 9.67 Å². The lowest BCUT2D eigenvalue weighted by atomic mass is 10.1. The van der Waals surface area contributed by atoms with Crippen LogP contribution in [0.2, 0.25) is 5.02 Å². The lowest BCUT2D eigenvalue weighted by molar-refractivity contribution is 0.873. The van der Waals surface area contributed by atoms with E-state index in [0.717, 1.165) is 22.0 Å². The SMILES string of the molecule is CC(Nc1ccc(-n2cncn2)cc1)c1cccc(Cl)c1. The first kappa shape index (κ1) is 13.6. The van der Waals surface area contributed by atoms with Gasteiger partial charge in [-0.1, -0.05) is 23.7 Å². The van der Waals surface area contributed by atoms with Crippen molar-refractivity contribution >= 4 is 17.3 Å². The third-order valence-corrected chi connectivity index (χ3v) is 3.52. The molecule has 1 N–H and O–H groups in total. The molecule has 0 bridgehead atoms. The Hall–Kier alpha value is -2.33. The molecule has 1 aromatic heterocycles. The zero-order valence-corrected chi connectivity index (χ0v) is 12.3. The average Bonchev–Trinajstić information content (AvgIpc) is 3.02. The van der Waals surface area contributed by atoms with E-state index in [1.165, 1.54) is 6.33 Å². The number of hydrogen-bond donors (Lipinski definition) is 1. The number of rotatable bonds is 4. The van der Waals surface area contributed by atoms with E-state index in [-0.39, 0.29) is 6.04 Å². The average molecular weight is 299 g/mol. The largest absolute Gasteiger partial charge is 0.379 e. The summed E-state index contributed by atoms with van der Waals surface area (Å²) < 4.78 is 1.73. The van der Waals surface area contributed by atoms with Crippen LogP contribution in [0.15, 0.2) is 61.2 Å². The van der Waals surface area contributed by atoms with Crippen LogP contribution in [0.3, 0.4) is 0 Å². The zero-order chi connectivity index (χ0) is 14.7. The Balaban J connectivity index is 1.73. The predicted molar refractivity (Wildman–Crippen MR) is 84.8 cm³/mol. The van der Waals surface area contributed by atoms with Crippen LogP contribution in [-0.2, 0) is 0 Å². The normalized spacial score (nSPS) is 12.1. The van der Waals surface area contributed by atoms with E-state index in [9.17, 15) is 0 Å². The minimum Gasteiger partial charge on any atom is -0.379 e. The summed E-state index contributed by atoms with van der Waals surface area (Å²) in [5.74, 6) is 0. The fourth-order valence-corrected chi connectivity index (χ4v) is 2.36. The van der Waals surface area contributed by atoms with Crippen molar-refractivity contribution in [3.05, 3.63) is 71.8 Å². The molecular formula is C16H15ClN4. The summed E-state index contributed by atoms with van der Waals surface area (Å²) in [4.78, 5) is 3.94. The highest BCUT2D eigenvalue weighted by atomic mass is 35.5. The summed E-state index contributed by atoms with van der Waals surface area (Å²) in [5.41, 5.74) is 3.18. The maximum atomic E-state index is 6.03. The van der Waals surface area contributed by atoms with Crippen molar-refractivity contribution in [3.63, 3.8) is 0 Å². The van der Waals surface area contributed by atoms with Crippen molar-refractivity contribution in [1.29, 1.82) is 0 Å². The summed E-state index contributed by atoms with van der Waals surface area (Å²) in [6, 6.07) is 16.1. The minimum atomic E-state index is 0.181. The summed E-state index contributed by atoms with van der Waals surface area (Å²) in [6.07, 6.45) is 3.20. The van der Waals surface area contributed by atoms with Gasteiger partial charge in [-0.3, -0.25) is 0 Å². The standard InChI is InChI=1S/C16H15ClN4/c1-12(13-3-2-4-14(17)9-13)20-15-5-7-16(8-6-15)21-11-18-10-19-21/h2-12,20H,1H3. The zero-order valence-electron chi connectivity index (χ0n) is 11.6. The summed E-state index contributed by atoms with van der Waals surface area (Å²) in [5, 5.41) is 8.31. The van der Waals surface area contributed by atoms with Crippen molar-refractivity contribution < 1.29 is 0 Å². The van der Waals surface area contributed by atoms with Gasteiger partial charge in [0.25, 0.3) is 0 Å². The van der Waals surface area contributed by atoms with Crippen molar-refractivity contribution in [1.82, 2.24) is 14.8 Å². The third kappa shape index (κ3) is 3.23. The fraction of sp³-hybridized carbons (Fsp3) is 0.125. The Kier molecular flexibility index (Phi) is 3.88. The summed E-state index contributed by atoms with van der Waals surface area (Å²) in [7, 11) is 0. The van der Waals surface area contributed by atoms with Crippen molar-refractivity contribution in [2.24, 2.45) is 0 Å². The highest BCUT2D eigenvalue weighted by molar-refractivity contribution is 6.30. The summed E-state index contributed by atoms with van der Waals surface area (Å²) >= 11 is 6.03. The molecule has 5 heteroatoms. The van der Waals surface area contributed by atoms with Gasteiger partial charge >= 0.3 is 0 Å². The van der Waals surface area contributed by atoms with Gasteiger partial charge in [0.15, 0.2) is 0 Å². The second kappa shape index (κ2) is 5.97. The highest BCUT2D eigenvalue weighted by Crippen LogP contribution is 2.22. The molecule has 0 aliphatic carbocycles. The van der Waals surface area contributed by atoms with Gasteiger partial charge in [0.2, 0.25) is 0 Å². The molecule has 0 spiro atoms. The van der Waals surface area contributed by atoms with E-state index >= 15 is 0 Å². The third-order valence-electron chi connectivity index (χ3n) is 3.28. The number of aromatic nitrogens is 3. The van der Waals surface area contributed by atoms with Crippen molar-refractivity contribution in [2.75, 3.05) is 5.32 Å². The van der Waals surface area contributed by atoms with Gasteiger partial charge in [0, 0.05) is 16.8 Å².